The van der Waals surface area contributed by atoms with Crippen LogP contribution < -0.4 is 20.7 Å². The van der Waals surface area contributed by atoms with Crippen molar-refractivity contribution in [2.24, 2.45) is 11.7 Å². The van der Waals surface area contributed by atoms with E-state index in [-0.39, 0.29) is 17.7 Å². The van der Waals surface area contributed by atoms with Crippen molar-refractivity contribution >= 4 is 23.2 Å². The van der Waals surface area contributed by atoms with Crippen LogP contribution in [-0.4, -0.2) is 31.0 Å². The van der Waals surface area contributed by atoms with E-state index in [2.05, 4.69) is 5.32 Å². The number of nitrogens with one attached hydrogen (secondary N) is 1. The van der Waals surface area contributed by atoms with Crippen molar-refractivity contribution in [2.75, 3.05) is 23.9 Å². The Labute approximate surface area is 148 Å². The maximum atomic E-state index is 12.7. The zero-order valence-electron chi connectivity index (χ0n) is 15.0. The lowest BCUT2D eigenvalue weighted by Gasteiger charge is -2.37. The fourth-order valence-corrected chi connectivity index (χ4v) is 3.90. The lowest BCUT2D eigenvalue weighted by atomic mass is 9.74. The highest BCUT2D eigenvalue weighted by Crippen LogP contribution is 2.36. The van der Waals surface area contributed by atoms with Crippen LogP contribution in [-0.2, 0) is 9.59 Å². The van der Waals surface area contributed by atoms with Gasteiger partial charge in [-0.15, -0.1) is 0 Å². The Kier molecular flexibility index (Phi) is 4.99. The van der Waals surface area contributed by atoms with Gasteiger partial charge in [-0.3, -0.25) is 9.59 Å². The molecule has 136 valence electrons. The number of rotatable bonds is 4. The first kappa shape index (κ1) is 17.7. The van der Waals surface area contributed by atoms with E-state index >= 15 is 0 Å². The molecule has 1 aromatic rings. The molecule has 0 radical (unpaired) electrons. The largest absolute Gasteiger partial charge is 0.495 e. The second-order valence-corrected chi connectivity index (χ2v) is 7.33. The molecule has 2 aliphatic rings. The molecule has 0 bridgehead atoms. The lowest BCUT2D eigenvalue weighted by molar-refractivity contribution is -0.122. The standard InChI is InChI=1S/C19H27N3O3/c1-19(20)10-4-3-6-14(19)18(24)21-13-8-9-16(25-2)15(12-13)22-11-5-7-17(22)23/h8-9,12,14H,3-7,10-11,20H2,1-2H3,(H,21,24). The second kappa shape index (κ2) is 7.04. The predicted octanol–water partition coefficient (Wildman–Crippen LogP) is 2.67. The first-order chi connectivity index (χ1) is 11.9. The topological polar surface area (TPSA) is 84.7 Å². The van der Waals surface area contributed by atoms with E-state index < -0.39 is 5.54 Å². The van der Waals surface area contributed by atoms with Gasteiger partial charge in [0.05, 0.1) is 18.7 Å². The van der Waals surface area contributed by atoms with Crippen molar-refractivity contribution in [3.63, 3.8) is 0 Å². The SMILES string of the molecule is COc1ccc(NC(=O)C2CCCCC2(C)N)cc1N1CCCC1=O. The summed E-state index contributed by atoms with van der Waals surface area (Å²) in [6, 6.07) is 5.41. The van der Waals surface area contributed by atoms with Gasteiger partial charge in [-0.1, -0.05) is 12.8 Å². The summed E-state index contributed by atoms with van der Waals surface area (Å²) in [5.74, 6) is 0.479. The zero-order valence-corrected chi connectivity index (χ0v) is 15.0. The summed E-state index contributed by atoms with van der Waals surface area (Å²) >= 11 is 0. The monoisotopic (exact) mass is 345 g/mol. The molecular formula is C19H27N3O3. The Morgan fingerprint density at radius 3 is 2.80 bits per heavy atom. The maximum Gasteiger partial charge on any atom is 0.229 e. The van der Waals surface area contributed by atoms with Crippen molar-refractivity contribution in [2.45, 2.75) is 51.0 Å². The molecule has 6 heteroatoms. The van der Waals surface area contributed by atoms with Crippen molar-refractivity contribution in [3.05, 3.63) is 18.2 Å². The number of carbonyl (C=O) groups is 2. The number of ether oxygens (including phenoxy) is 1. The number of methoxy groups -OCH3 is 1. The van der Waals surface area contributed by atoms with Gasteiger partial charge in [0.15, 0.2) is 0 Å². The third kappa shape index (κ3) is 3.63. The normalized spacial score (nSPS) is 26.6. The first-order valence-electron chi connectivity index (χ1n) is 9.00. The van der Waals surface area contributed by atoms with Gasteiger partial charge in [-0.05, 0) is 44.4 Å². The average molecular weight is 345 g/mol. The van der Waals surface area contributed by atoms with Crippen LogP contribution in [0.2, 0.25) is 0 Å². The highest BCUT2D eigenvalue weighted by atomic mass is 16.5. The fraction of sp³-hybridized carbons (Fsp3) is 0.579. The second-order valence-electron chi connectivity index (χ2n) is 7.33. The van der Waals surface area contributed by atoms with Gasteiger partial charge >= 0.3 is 0 Å². The molecule has 0 aromatic heterocycles. The highest BCUT2D eigenvalue weighted by molar-refractivity contribution is 5.99. The molecule has 2 unspecified atom stereocenters. The van der Waals surface area contributed by atoms with Gasteiger partial charge in [0.1, 0.15) is 5.75 Å². The molecule has 1 heterocycles. The summed E-state index contributed by atoms with van der Waals surface area (Å²) in [7, 11) is 1.58. The molecule has 1 aromatic carbocycles. The number of carbonyl (C=O) groups excluding carboxylic acids is 2. The quantitative estimate of drug-likeness (QED) is 0.878. The van der Waals surface area contributed by atoms with E-state index in [9.17, 15) is 9.59 Å². The molecule has 2 fully saturated rings. The fourth-order valence-electron chi connectivity index (χ4n) is 3.90. The van der Waals surface area contributed by atoms with E-state index in [1.165, 1.54) is 0 Å². The molecule has 3 N–H and O–H groups in total. The summed E-state index contributed by atoms with van der Waals surface area (Å²) in [4.78, 5) is 26.5. The molecule has 3 rings (SSSR count). The van der Waals surface area contributed by atoms with Crippen LogP contribution in [0, 0.1) is 5.92 Å². The number of nitrogens with zero attached hydrogens (tertiary/aromatic N) is 1. The number of hydrogen-bond donors (Lipinski definition) is 2. The Bertz CT molecular complexity index is 672. The van der Waals surface area contributed by atoms with Crippen molar-refractivity contribution in [1.29, 1.82) is 0 Å². The van der Waals surface area contributed by atoms with Crippen molar-refractivity contribution in [1.82, 2.24) is 0 Å². The number of nitrogens with two attached hydrogens (primary N) is 1. The van der Waals surface area contributed by atoms with E-state index in [4.69, 9.17) is 10.5 Å². The Hall–Kier alpha value is -2.08. The van der Waals surface area contributed by atoms with Gasteiger partial charge in [0, 0.05) is 24.2 Å². The Morgan fingerprint density at radius 2 is 2.16 bits per heavy atom. The summed E-state index contributed by atoms with van der Waals surface area (Å²) in [5, 5.41) is 2.98. The molecule has 25 heavy (non-hydrogen) atoms. The minimum Gasteiger partial charge on any atom is -0.495 e. The molecule has 1 saturated carbocycles. The highest BCUT2D eigenvalue weighted by Gasteiger charge is 2.37. The van der Waals surface area contributed by atoms with Crippen LogP contribution in [0.1, 0.15) is 45.4 Å². The Morgan fingerprint density at radius 1 is 1.36 bits per heavy atom. The van der Waals surface area contributed by atoms with E-state index in [0.717, 1.165) is 32.1 Å². The van der Waals surface area contributed by atoms with E-state index in [1.807, 2.05) is 13.0 Å². The molecule has 1 saturated heterocycles. The van der Waals surface area contributed by atoms with Gasteiger partial charge < -0.3 is 20.7 Å². The average Bonchev–Trinajstić information content (AvgIpc) is 3.00. The molecule has 1 aliphatic carbocycles. The summed E-state index contributed by atoms with van der Waals surface area (Å²) < 4.78 is 5.39. The summed E-state index contributed by atoms with van der Waals surface area (Å²) in [6.45, 7) is 2.63. The number of benzene rings is 1. The van der Waals surface area contributed by atoms with E-state index in [0.29, 0.717) is 30.1 Å². The summed E-state index contributed by atoms with van der Waals surface area (Å²) in [6.07, 6.45) is 5.16. The van der Waals surface area contributed by atoms with Crippen LogP contribution in [0.3, 0.4) is 0 Å². The third-order valence-electron chi connectivity index (χ3n) is 5.38. The van der Waals surface area contributed by atoms with Crippen LogP contribution >= 0.6 is 0 Å². The van der Waals surface area contributed by atoms with Crippen LogP contribution in [0.5, 0.6) is 5.75 Å². The third-order valence-corrected chi connectivity index (χ3v) is 5.38. The van der Waals surface area contributed by atoms with Crippen molar-refractivity contribution in [3.8, 4) is 5.75 Å². The number of hydrogen-bond acceptors (Lipinski definition) is 4. The number of amides is 2. The van der Waals surface area contributed by atoms with E-state index in [1.54, 1.807) is 24.1 Å². The van der Waals surface area contributed by atoms with Crippen LogP contribution in [0.15, 0.2) is 18.2 Å². The predicted molar refractivity (Wildman–Crippen MR) is 97.8 cm³/mol. The van der Waals surface area contributed by atoms with Crippen molar-refractivity contribution < 1.29 is 14.3 Å². The molecule has 2 amide bonds. The molecule has 6 nitrogen and oxygen atoms in total. The van der Waals surface area contributed by atoms with Gasteiger partial charge in [-0.25, -0.2) is 0 Å². The minimum absolute atomic E-state index is 0.0476. The van der Waals surface area contributed by atoms with Gasteiger partial charge in [0.2, 0.25) is 11.8 Å². The lowest BCUT2D eigenvalue weighted by Crippen LogP contribution is -2.51. The van der Waals surface area contributed by atoms with Crippen LogP contribution in [0.4, 0.5) is 11.4 Å². The maximum absolute atomic E-state index is 12.7. The van der Waals surface area contributed by atoms with Crippen LogP contribution in [0.25, 0.3) is 0 Å². The molecule has 2 atom stereocenters. The summed E-state index contributed by atoms with van der Waals surface area (Å²) in [5.41, 5.74) is 7.25. The molecular weight excluding hydrogens is 318 g/mol. The molecule has 1 aliphatic heterocycles. The first-order valence-corrected chi connectivity index (χ1v) is 9.00. The minimum atomic E-state index is -0.470. The Balaban J connectivity index is 1.81. The molecule has 0 spiro atoms. The zero-order chi connectivity index (χ0) is 18.0. The smallest absolute Gasteiger partial charge is 0.229 e. The van der Waals surface area contributed by atoms with Gasteiger partial charge in [0.25, 0.3) is 0 Å². The number of anilines is 2. The van der Waals surface area contributed by atoms with Gasteiger partial charge in [-0.2, -0.15) is 0 Å².